The number of benzene rings is 2. The van der Waals surface area contributed by atoms with Crippen LogP contribution in [-0.4, -0.2) is 22.9 Å². The van der Waals surface area contributed by atoms with Crippen molar-refractivity contribution in [3.63, 3.8) is 0 Å². The molecule has 1 amide bonds. The van der Waals surface area contributed by atoms with E-state index in [1.165, 1.54) is 5.56 Å². The van der Waals surface area contributed by atoms with Crippen molar-refractivity contribution in [2.75, 3.05) is 12.8 Å². The molecule has 0 unspecified atom stereocenters. The van der Waals surface area contributed by atoms with Crippen LogP contribution in [0.25, 0.3) is 0 Å². The van der Waals surface area contributed by atoms with E-state index in [0.29, 0.717) is 23.8 Å². The molecule has 0 aliphatic heterocycles. The fourth-order valence-electron chi connectivity index (χ4n) is 2.78. The third-order valence-corrected chi connectivity index (χ3v) is 4.81. The molecule has 4 heteroatoms. The summed E-state index contributed by atoms with van der Waals surface area (Å²) >= 11 is 0. The van der Waals surface area contributed by atoms with Gasteiger partial charge < -0.3 is 5.32 Å². The summed E-state index contributed by atoms with van der Waals surface area (Å²) in [6.07, 6.45) is 1.67. The van der Waals surface area contributed by atoms with E-state index in [-0.39, 0.29) is 11.8 Å². The van der Waals surface area contributed by atoms with Gasteiger partial charge in [-0.15, -0.1) is 0 Å². The van der Waals surface area contributed by atoms with Gasteiger partial charge in [-0.25, -0.2) is 0 Å². The van der Waals surface area contributed by atoms with Gasteiger partial charge in [0.05, 0.1) is 0 Å². The largest absolute Gasteiger partial charge is 0.351 e. The number of carbonyl (C=O) groups is 1. The van der Waals surface area contributed by atoms with E-state index in [0.717, 1.165) is 5.56 Å². The minimum atomic E-state index is -0.912. The molecule has 0 radical (unpaired) electrons. The lowest BCUT2D eigenvalue weighted by Crippen LogP contribution is -2.30. The van der Waals surface area contributed by atoms with Crippen LogP contribution >= 0.6 is 0 Å². The van der Waals surface area contributed by atoms with Gasteiger partial charge in [0.15, 0.2) is 0 Å². The van der Waals surface area contributed by atoms with Crippen LogP contribution in [0.4, 0.5) is 0 Å². The third kappa shape index (κ3) is 5.31. The first-order chi connectivity index (χ1) is 11.5. The van der Waals surface area contributed by atoms with Gasteiger partial charge in [0.1, 0.15) is 0 Å². The number of nitrogens with one attached hydrogen (secondary N) is 1. The van der Waals surface area contributed by atoms with Gasteiger partial charge in [-0.3, -0.25) is 9.00 Å². The Kier molecular flexibility index (Phi) is 6.73. The van der Waals surface area contributed by atoms with Crippen molar-refractivity contribution in [1.82, 2.24) is 5.32 Å². The summed E-state index contributed by atoms with van der Waals surface area (Å²) in [6.45, 7) is 4.94. The molecule has 0 heterocycles. The van der Waals surface area contributed by atoms with E-state index in [1.807, 2.05) is 36.4 Å². The van der Waals surface area contributed by atoms with E-state index < -0.39 is 10.8 Å². The first kappa shape index (κ1) is 18.4. The molecule has 0 aliphatic rings. The normalized spacial score (nSPS) is 13.5. The zero-order valence-electron chi connectivity index (χ0n) is 14.5. The summed E-state index contributed by atoms with van der Waals surface area (Å²) in [6, 6.07) is 17.6. The molecule has 0 aromatic heterocycles. The molecule has 0 fully saturated rings. The second-order valence-electron chi connectivity index (χ2n) is 6.39. The number of hydrogen-bond acceptors (Lipinski definition) is 2. The first-order valence-electron chi connectivity index (χ1n) is 8.19. The Morgan fingerprint density at radius 3 is 2.42 bits per heavy atom. The second-order valence-corrected chi connectivity index (χ2v) is 7.82. The number of hydrogen-bond donors (Lipinski definition) is 1. The fraction of sp³-hybridized carbons (Fsp3) is 0.350. The van der Waals surface area contributed by atoms with Gasteiger partial charge in [0.25, 0.3) is 5.91 Å². The van der Waals surface area contributed by atoms with E-state index in [1.54, 1.807) is 12.3 Å². The maximum absolute atomic E-state index is 12.5. The Balaban J connectivity index is 2.05. The molecule has 0 aliphatic carbocycles. The lowest BCUT2D eigenvalue weighted by Gasteiger charge is -2.22. The molecule has 1 N–H and O–H groups in total. The number of carbonyl (C=O) groups excluding carboxylic acids is 1. The first-order valence-corrected chi connectivity index (χ1v) is 9.92. The van der Waals surface area contributed by atoms with Crippen LogP contribution in [0.3, 0.4) is 0 Å². The molecule has 3 nitrogen and oxygen atoms in total. The summed E-state index contributed by atoms with van der Waals surface area (Å²) in [4.78, 5) is 12.5. The quantitative estimate of drug-likeness (QED) is 0.832. The van der Waals surface area contributed by atoms with Crippen LogP contribution in [0.15, 0.2) is 54.6 Å². The summed E-state index contributed by atoms with van der Waals surface area (Å²) < 4.78 is 11.4. The zero-order valence-corrected chi connectivity index (χ0v) is 15.3. The Morgan fingerprint density at radius 2 is 1.79 bits per heavy atom. The molecule has 2 atom stereocenters. The summed E-state index contributed by atoms with van der Waals surface area (Å²) in [5.41, 5.74) is 2.78. The van der Waals surface area contributed by atoms with Gasteiger partial charge in [-0.2, -0.15) is 0 Å². The molecule has 2 rings (SSSR count). The highest BCUT2D eigenvalue weighted by Gasteiger charge is 2.17. The topological polar surface area (TPSA) is 46.2 Å². The van der Waals surface area contributed by atoms with Crippen molar-refractivity contribution in [2.24, 2.45) is 5.92 Å². The highest BCUT2D eigenvalue weighted by molar-refractivity contribution is 7.83. The predicted octanol–water partition coefficient (Wildman–Crippen LogP) is 3.73. The fourth-order valence-corrected chi connectivity index (χ4v) is 3.43. The Hall–Kier alpha value is -1.94. The second kappa shape index (κ2) is 8.78. The number of amides is 1. The highest BCUT2D eigenvalue weighted by atomic mass is 32.2. The van der Waals surface area contributed by atoms with Crippen molar-refractivity contribution in [2.45, 2.75) is 25.5 Å². The smallest absolute Gasteiger partial charge is 0.251 e. The monoisotopic (exact) mass is 343 g/mol. The van der Waals surface area contributed by atoms with Crippen molar-refractivity contribution in [3.05, 3.63) is 71.3 Å². The predicted molar refractivity (Wildman–Crippen MR) is 101 cm³/mol. The van der Waals surface area contributed by atoms with Crippen molar-refractivity contribution >= 4 is 16.7 Å². The molecule has 0 saturated heterocycles. The van der Waals surface area contributed by atoms with Gasteiger partial charge in [0.2, 0.25) is 0 Å². The molecule has 0 bridgehead atoms. The lowest BCUT2D eigenvalue weighted by atomic mass is 9.88. The van der Waals surface area contributed by atoms with E-state index >= 15 is 0 Å². The van der Waals surface area contributed by atoms with E-state index in [4.69, 9.17) is 0 Å². The van der Waals surface area contributed by atoms with Crippen LogP contribution in [0.5, 0.6) is 0 Å². The van der Waals surface area contributed by atoms with Crippen molar-refractivity contribution in [3.8, 4) is 0 Å². The van der Waals surface area contributed by atoms with E-state index in [9.17, 15) is 9.00 Å². The summed E-state index contributed by atoms with van der Waals surface area (Å²) in [5.74, 6) is 1.10. The standard InChI is InChI=1S/C20H25NO2S/c1-15(2)19(17-9-5-4-6-10-17)13-21-20(22)18-11-7-8-16(12-18)14-24(3)23/h4-12,15,19H,13-14H2,1-3H3,(H,21,22)/t19-,24+/m1/s1. The molecule has 0 spiro atoms. The van der Waals surface area contributed by atoms with Gasteiger partial charge in [-0.1, -0.05) is 56.3 Å². The Morgan fingerprint density at radius 1 is 1.08 bits per heavy atom. The molecule has 2 aromatic rings. The van der Waals surface area contributed by atoms with Crippen LogP contribution in [-0.2, 0) is 16.6 Å². The lowest BCUT2D eigenvalue weighted by molar-refractivity contribution is 0.0949. The molecule has 2 aromatic carbocycles. The van der Waals surface area contributed by atoms with Crippen LogP contribution < -0.4 is 5.32 Å². The Labute approximate surface area is 146 Å². The van der Waals surface area contributed by atoms with Gasteiger partial charge >= 0.3 is 0 Å². The zero-order chi connectivity index (χ0) is 17.5. The number of rotatable bonds is 7. The van der Waals surface area contributed by atoms with Crippen molar-refractivity contribution in [1.29, 1.82) is 0 Å². The average molecular weight is 343 g/mol. The van der Waals surface area contributed by atoms with Crippen LogP contribution in [0, 0.1) is 5.92 Å². The Bertz CT molecular complexity index is 698. The van der Waals surface area contributed by atoms with E-state index in [2.05, 4.69) is 31.3 Å². The van der Waals surface area contributed by atoms with Gasteiger partial charge in [0, 0.05) is 40.8 Å². The van der Waals surface area contributed by atoms with Gasteiger partial charge in [-0.05, 0) is 29.2 Å². The highest BCUT2D eigenvalue weighted by Crippen LogP contribution is 2.23. The maximum Gasteiger partial charge on any atom is 0.251 e. The average Bonchev–Trinajstić information content (AvgIpc) is 2.55. The summed E-state index contributed by atoms with van der Waals surface area (Å²) in [7, 11) is -0.912. The molecular weight excluding hydrogens is 318 g/mol. The molecule has 24 heavy (non-hydrogen) atoms. The maximum atomic E-state index is 12.5. The molecular formula is C20H25NO2S. The summed E-state index contributed by atoms with van der Waals surface area (Å²) in [5, 5.41) is 3.04. The minimum Gasteiger partial charge on any atom is -0.351 e. The SMILES string of the molecule is CC(C)[C@@H](CNC(=O)c1cccc(C[S@](C)=O)c1)c1ccccc1. The minimum absolute atomic E-state index is 0.0830. The van der Waals surface area contributed by atoms with Crippen LogP contribution in [0.2, 0.25) is 0 Å². The van der Waals surface area contributed by atoms with Crippen LogP contribution in [0.1, 0.15) is 41.3 Å². The third-order valence-electron chi connectivity index (χ3n) is 4.07. The van der Waals surface area contributed by atoms with Crippen molar-refractivity contribution < 1.29 is 9.00 Å². The molecule has 0 saturated carbocycles. The molecule has 128 valence electrons.